The Bertz CT molecular complexity index is 950. The smallest absolute Gasteiger partial charge is 0.283 e. The molecule has 0 unspecified atom stereocenters. The minimum Gasteiger partial charge on any atom is -0.507 e. The summed E-state index contributed by atoms with van der Waals surface area (Å²) in [6, 6.07) is 7.12. The molecule has 0 atom stereocenters. The van der Waals surface area contributed by atoms with Crippen LogP contribution in [0.4, 0.5) is 11.4 Å². The van der Waals surface area contributed by atoms with E-state index in [0.29, 0.717) is 0 Å². The first kappa shape index (κ1) is 16.8. The van der Waals surface area contributed by atoms with Crippen molar-refractivity contribution in [2.75, 3.05) is 0 Å². The van der Waals surface area contributed by atoms with Crippen molar-refractivity contribution >= 4 is 34.8 Å². The molecule has 2 aromatic rings. The number of halogens is 1. The van der Waals surface area contributed by atoms with Crippen LogP contribution in [0.5, 0.6) is 5.75 Å². The van der Waals surface area contributed by atoms with E-state index in [1.807, 2.05) is 0 Å². The molecule has 7 nitrogen and oxygen atoms in total. The molecule has 0 bridgehead atoms. The maximum atomic E-state index is 12.3. The highest BCUT2D eigenvalue weighted by molar-refractivity contribution is 6.36. The third-order valence-electron chi connectivity index (χ3n) is 3.09. The second-order valence-electron chi connectivity index (χ2n) is 4.56. The van der Waals surface area contributed by atoms with Crippen molar-refractivity contribution in [1.29, 1.82) is 0 Å². The molecule has 0 fully saturated rings. The van der Waals surface area contributed by atoms with E-state index >= 15 is 0 Å². The third kappa shape index (κ3) is 2.98. The van der Waals surface area contributed by atoms with Gasteiger partial charge in [0.05, 0.1) is 23.7 Å². The van der Waals surface area contributed by atoms with Crippen molar-refractivity contribution in [2.24, 2.45) is 16.5 Å². The van der Waals surface area contributed by atoms with Gasteiger partial charge in [0.1, 0.15) is 5.75 Å². The van der Waals surface area contributed by atoms with Crippen LogP contribution in [0.3, 0.4) is 0 Å². The van der Waals surface area contributed by atoms with Gasteiger partial charge in [-0.1, -0.05) is 35.9 Å². The van der Waals surface area contributed by atoms with Crippen molar-refractivity contribution in [3.8, 4) is 16.9 Å². The first-order valence-corrected chi connectivity index (χ1v) is 6.82. The highest BCUT2D eigenvalue weighted by Gasteiger charge is 2.23. The lowest BCUT2D eigenvalue weighted by Gasteiger charge is -2.13. The minimum absolute atomic E-state index is 0.0572. The zero-order chi connectivity index (χ0) is 17.9. The number of benzene rings is 2. The number of phenolic OH excluding ortho intramolecular Hbond substituents is 1. The Morgan fingerprint density at radius 1 is 1.12 bits per heavy atom. The van der Waals surface area contributed by atoms with Gasteiger partial charge < -0.3 is 16.6 Å². The number of carbonyl (C=O) groups excluding carboxylic acids is 1. The van der Waals surface area contributed by atoms with Crippen molar-refractivity contribution in [3.63, 3.8) is 0 Å². The molecule has 2 aromatic carbocycles. The Morgan fingerprint density at radius 3 is 2.38 bits per heavy atom. The van der Waals surface area contributed by atoms with Crippen LogP contribution >= 0.6 is 11.6 Å². The Kier molecular flexibility index (Phi) is 4.69. The van der Waals surface area contributed by atoms with Crippen LogP contribution in [0.2, 0.25) is 5.02 Å². The predicted octanol–water partition coefficient (Wildman–Crippen LogP) is 3.23. The van der Waals surface area contributed by atoms with E-state index in [4.69, 9.17) is 36.2 Å². The fraction of sp³-hybridized carbons (Fsp3) is 0. The molecule has 0 saturated heterocycles. The van der Waals surface area contributed by atoms with Gasteiger partial charge in [0.2, 0.25) is 5.69 Å². The molecule has 5 N–H and O–H groups in total. The van der Waals surface area contributed by atoms with E-state index in [1.54, 1.807) is 6.07 Å². The molecule has 0 aromatic heterocycles. The summed E-state index contributed by atoms with van der Waals surface area (Å²) in [4.78, 5) is 22.3. The SMILES string of the molecule is [C-]#[N+]c1cccc(-c2c([N+]#[C-])ccc(O)c2C(=O)N=C(N)N)c1Cl. The van der Waals surface area contributed by atoms with Crippen LogP contribution in [0, 0.1) is 13.1 Å². The fourth-order valence-electron chi connectivity index (χ4n) is 2.14. The van der Waals surface area contributed by atoms with E-state index in [2.05, 4.69) is 14.7 Å². The van der Waals surface area contributed by atoms with Crippen molar-refractivity contribution in [3.05, 3.63) is 63.8 Å². The van der Waals surface area contributed by atoms with Gasteiger partial charge in [0.15, 0.2) is 11.6 Å². The van der Waals surface area contributed by atoms with Gasteiger partial charge in [-0.25, -0.2) is 9.69 Å². The maximum Gasteiger partial charge on any atom is 0.283 e. The summed E-state index contributed by atoms with van der Waals surface area (Å²) in [5, 5.41) is 10.2. The molecular formula is C16H10ClN5O2. The largest absolute Gasteiger partial charge is 0.507 e. The molecule has 2 rings (SSSR count). The first-order valence-electron chi connectivity index (χ1n) is 6.44. The predicted molar refractivity (Wildman–Crippen MR) is 91.2 cm³/mol. The molecule has 0 saturated carbocycles. The zero-order valence-electron chi connectivity index (χ0n) is 12.1. The Morgan fingerprint density at radius 2 is 1.79 bits per heavy atom. The monoisotopic (exact) mass is 339 g/mol. The quantitative estimate of drug-likeness (QED) is 0.443. The summed E-state index contributed by atoms with van der Waals surface area (Å²) >= 11 is 6.21. The molecule has 24 heavy (non-hydrogen) atoms. The van der Waals surface area contributed by atoms with E-state index < -0.39 is 17.6 Å². The normalized spacial score (nSPS) is 9.62. The average Bonchev–Trinajstić information content (AvgIpc) is 2.54. The highest BCUT2D eigenvalue weighted by Crippen LogP contribution is 2.44. The number of carbonyl (C=O) groups is 1. The number of hydrogen-bond acceptors (Lipinski definition) is 2. The Balaban J connectivity index is 2.91. The molecule has 0 radical (unpaired) electrons. The molecule has 0 spiro atoms. The van der Waals surface area contributed by atoms with E-state index in [0.717, 1.165) is 0 Å². The van der Waals surface area contributed by atoms with E-state index in [-0.39, 0.29) is 33.1 Å². The van der Waals surface area contributed by atoms with Crippen LogP contribution in [-0.4, -0.2) is 17.0 Å². The van der Waals surface area contributed by atoms with Gasteiger partial charge >= 0.3 is 0 Å². The number of amides is 1. The van der Waals surface area contributed by atoms with Gasteiger partial charge in [-0.15, -0.1) is 0 Å². The second-order valence-corrected chi connectivity index (χ2v) is 4.94. The zero-order valence-corrected chi connectivity index (χ0v) is 12.9. The second kappa shape index (κ2) is 6.69. The summed E-state index contributed by atoms with van der Waals surface area (Å²) in [6.45, 7) is 14.4. The fourth-order valence-corrected chi connectivity index (χ4v) is 2.40. The minimum atomic E-state index is -0.919. The number of aliphatic imine (C=N–C) groups is 1. The number of nitrogens with two attached hydrogens (primary N) is 2. The number of rotatable bonds is 2. The lowest BCUT2D eigenvalue weighted by molar-refractivity contribution is 0.100. The van der Waals surface area contributed by atoms with Crippen molar-refractivity contribution < 1.29 is 9.90 Å². The summed E-state index contributed by atoms with van der Waals surface area (Å²) in [5.41, 5.74) is 10.7. The van der Waals surface area contributed by atoms with Gasteiger partial charge in [-0.2, -0.15) is 4.99 Å². The van der Waals surface area contributed by atoms with Gasteiger partial charge in [0, 0.05) is 5.56 Å². The molecule has 118 valence electrons. The molecular weight excluding hydrogens is 330 g/mol. The average molecular weight is 340 g/mol. The standard InChI is InChI=1S/C16H10ClN5O2/c1-20-9-6-7-11(23)13(15(24)22-16(18)19)12(9)8-4-3-5-10(21-2)14(8)17/h3-7,23H,(H4,18,19,22,24). The number of phenols is 1. The molecule has 0 aliphatic rings. The van der Waals surface area contributed by atoms with Crippen molar-refractivity contribution in [1.82, 2.24) is 0 Å². The number of aromatic hydroxyl groups is 1. The van der Waals surface area contributed by atoms with Crippen LogP contribution in [-0.2, 0) is 0 Å². The van der Waals surface area contributed by atoms with Gasteiger partial charge in [0.25, 0.3) is 5.91 Å². The Hall–Kier alpha value is -3.55. The third-order valence-corrected chi connectivity index (χ3v) is 3.49. The number of guanidine groups is 1. The van der Waals surface area contributed by atoms with E-state index in [1.165, 1.54) is 24.3 Å². The van der Waals surface area contributed by atoms with Gasteiger partial charge in [-0.05, 0) is 11.6 Å². The van der Waals surface area contributed by atoms with Crippen molar-refractivity contribution in [2.45, 2.75) is 0 Å². The molecule has 8 heteroatoms. The lowest BCUT2D eigenvalue weighted by atomic mass is 9.96. The molecule has 0 aliphatic heterocycles. The highest BCUT2D eigenvalue weighted by atomic mass is 35.5. The van der Waals surface area contributed by atoms with Crippen LogP contribution in [0.15, 0.2) is 35.3 Å². The van der Waals surface area contributed by atoms with Gasteiger partial charge in [-0.3, -0.25) is 4.79 Å². The Labute approximate surface area is 142 Å². The summed E-state index contributed by atoms with van der Waals surface area (Å²) in [6.07, 6.45) is 0. The van der Waals surface area contributed by atoms with Crippen LogP contribution < -0.4 is 11.5 Å². The molecule has 1 amide bonds. The summed E-state index contributed by atoms with van der Waals surface area (Å²) in [7, 11) is 0. The molecule has 0 aliphatic carbocycles. The maximum absolute atomic E-state index is 12.3. The first-order chi connectivity index (χ1) is 11.4. The topological polar surface area (TPSA) is 110 Å². The number of nitrogens with zero attached hydrogens (tertiary/aromatic N) is 3. The summed E-state index contributed by atoms with van der Waals surface area (Å²) in [5.74, 6) is -1.81. The van der Waals surface area contributed by atoms with E-state index in [9.17, 15) is 9.90 Å². The summed E-state index contributed by atoms with van der Waals surface area (Å²) < 4.78 is 0. The van der Waals surface area contributed by atoms with Crippen LogP contribution in [0.25, 0.3) is 20.8 Å². The number of hydrogen-bond donors (Lipinski definition) is 3. The van der Waals surface area contributed by atoms with Crippen LogP contribution in [0.1, 0.15) is 10.4 Å². The lowest BCUT2D eigenvalue weighted by Crippen LogP contribution is -2.24. The molecule has 0 heterocycles.